The van der Waals surface area contributed by atoms with Crippen molar-refractivity contribution in [3.63, 3.8) is 0 Å². The minimum Gasteiger partial charge on any atom is -0.482 e. The van der Waals surface area contributed by atoms with Gasteiger partial charge in [0.25, 0.3) is 0 Å². The Labute approximate surface area is 434 Å². The van der Waals surface area contributed by atoms with Crippen molar-refractivity contribution in [3.05, 3.63) is 131 Å². The van der Waals surface area contributed by atoms with Crippen molar-refractivity contribution in [2.24, 2.45) is 52.3 Å². The van der Waals surface area contributed by atoms with Gasteiger partial charge in [0.05, 0.1) is 13.5 Å². The van der Waals surface area contributed by atoms with Crippen LogP contribution in [0.1, 0.15) is 158 Å². The third kappa shape index (κ3) is 12.1. The monoisotopic (exact) mass is 992 g/mol. The summed E-state index contributed by atoms with van der Waals surface area (Å²) in [5, 5.41) is 10.6. The molecule has 388 valence electrons. The molecule has 4 aliphatic rings. The molecule has 73 heavy (non-hydrogen) atoms. The van der Waals surface area contributed by atoms with Gasteiger partial charge in [0.2, 0.25) is 0 Å². The number of hydrogen-bond donors (Lipinski definition) is 0. The van der Waals surface area contributed by atoms with E-state index in [1.807, 2.05) is 62.4 Å². The Balaban J connectivity index is 1.08. The highest BCUT2D eigenvalue weighted by atomic mass is 16.6. The molecule has 10 atom stereocenters. The van der Waals surface area contributed by atoms with Crippen molar-refractivity contribution in [2.75, 3.05) is 13.7 Å². The average Bonchev–Trinajstić information content (AvgIpc) is 3.73. The number of rotatable bonds is 18. The summed E-state index contributed by atoms with van der Waals surface area (Å²) in [6.45, 7) is 21.2. The molecule has 0 amide bonds. The standard InChI is InChI=1S/C63H77NO9/c1-11-41(33-39(2)3)58(44-15-13-12-14-16-44)49(37-64)60(69)72-48-29-31-62(8)46(34-48)35-55(59-51-27-26-50(40(4)17-28-56(67)70-10)63(51,9)32-30-52(59)62)73-57(68)38-71-47-24-20-43(21-25-47)54(66)36-53(65)42-18-22-45(23-19-42)61(5,6)7/h11-16,18-25,33,39-40,46,48,50-52,55,59H,1,17,26-32,34-36,38H2,2-10H3. The number of nitriles is 1. The summed E-state index contributed by atoms with van der Waals surface area (Å²) in [6.07, 6.45) is 10.5. The third-order valence-corrected chi connectivity index (χ3v) is 17.5. The molecule has 0 aliphatic heterocycles. The number of methoxy groups -OCH3 is 1. The number of nitrogens with zero attached hydrogens (tertiary/aromatic N) is 1. The van der Waals surface area contributed by atoms with Crippen LogP contribution in [0.15, 0.2) is 109 Å². The van der Waals surface area contributed by atoms with Crippen molar-refractivity contribution in [2.45, 2.75) is 144 Å². The first kappa shape index (κ1) is 54.7. The van der Waals surface area contributed by atoms with E-state index >= 15 is 0 Å². The predicted molar refractivity (Wildman–Crippen MR) is 283 cm³/mol. The van der Waals surface area contributed by atoms with Gasteiger partial charge >= 0.3 is 17.9 Å². The Morgan fingerprint density at radius 1 is 0.781 bits per heavy atom. The second kappa shape index (κ2) is 23.0. The fourth-order valence-electron chi connectivity index (χ4n) is 13.7. The number of carbonyl (C=O) groups excluding carboxylic acids is 5. The van der Waals surface area contributed by atoms with E-state index in [1.165, 1.54) is 7.11 Å². The molecule has 4 saturated carbocycles. The SMILES string of the molecule is C=CC(=CC(C)C)C(=C(C#N)C(=O)OC1CCC2(C)C(C1)CC(OC(=O)COc1ccc(C(=O)CC(=O)c3ccc(C(C)(C)C)cc3)cc1)C1C2CCC2(C)C(C(C)CCC(=O)OC)CCC12)c1ccccc1. The van der Waals surface area contributed by atoms with E-state index in [9.17, 15) is 29.2 Å². The second-order valence-corrected chi connectivity index (χ2v) is 23.3. The summed E-state index contributed by atoms with van der Waals surface area (Å²) in [7, 11) is 1.44. The fourth-order valence-corrected chi connectivity index (χ4v) is 13.7. The molecule has 0 bridgehead atoms. The Morgan fingerprint density at radius 2 is 1.41 bits per heavy atom. The number of ether oxygens (including phenoxy) is 4. The smallest absolute Gasteiger partial charge is 0.349 e. The van der Waals surface area contributed by atoms with Crippen LogP contribution in [-0.2, 0) is 34.0 Å². The summed E-state index contributed by atoms with van der Waals surface area (Å²) in [6, 6.07) is 25.5. The van der Waals surface area contributed by atoms with Crippen molar-refractivity contribution in [1.82, 2.24) is 0 Å². The number of benzene rings is 3. The Hall–Kier alpha value is -6.08. The minimum atomic E-state index is -0.653. The van der Waals surface area contributed by atoms with Crippen molar-refractivity contribution in [1.29, 1.82) is 5.26 Å². The average molecular weight is 992 g/mol. The van der Waals surface area contributed by atoms with Crippen LogP contribution in [0.2, 0.25) is 0 Å². The quantitative estimate of drug-likeness (QED) is 0.0229. The summed E-state index contributed by atoms with van der Waals surface area (Å²) >= 11 is 0. The maximum atomic E-state index is 14.3. The lowest BCUT2D eigenvalue weighted by atomic mass is 9.43. The molecule has 0 heterocycles. The summed E-state index contributed by atoms with van der Waals surface area (Å²) in [5.41, 5.74) is 3.70. The molecule has 0 saturated heterocycles. The normalized spacial score (nSPS) is 27.4. The van der Waals surface area contributed by atoms with Crippen LogP contribution in [0.4, 0.5) is 0 Å². The van der Waals surface area contributed by atoms with Gasteiger partial charge in [-0.15, -0.1) is 0 Å². The zero-order valence-corrected chi connectivity index (χ0v) is 44.7. The van der Waals surface area contributed by atoms with Crippen molar-refractivity contribution >= 4 is 35.0 Å². The number of ketones is 2. The van der Waals surface area contributed by atoms with Gasteiger partial charge in [0, 0.05) is 29.0 Å². The van der Waals surface area contributed by atoms with Gasteiger partial charge in [0.15, 0.2) is 18.2 Å². The number of esters is 3. The van der Waals surface area contributed by atoms with Gasteiger partial charge in [-0.2, -0.15) is 5.26 Å². The number of carbonyl (C=O) groups is 5. The highest BCUT2D eigenvalue weighted by Crippen LogP contribution is 2.69. The topological polar surface area (TPSA) is 146 Å². The highest BCUT2D eigenvalue weighted by Gasteiger charge is 2.64. The lowest BCUT2D eigenvalue weighted by Crippen LogP contribution is -2.59. The Morgan fingerprint density at radius 3 is 2.01 bits per heavy atom. The molecule has 4 fully saturated rings. The Bertz CT molecular complexity index is 2610. The number of allylic oxidation sites excluding steroid dienone is 4. The van der Waals surface area contributed by atoms with Gasteiger partial charge in [-0.25, -0.2) is 9.59 Å². The summed E-state index contributed by atoms with van der Waals surface area (Å²) in [4.78, 5) is 66.8. The van der Waals surface area contributed by atoms with Gasteiger partial charge < -0.3 is 18.9 Å². The predicted octanol–water partition coefficient (Wildman–Crippen LogP) is 13.2. The first-order valence-corrected chi connectivity index (χ1v) is 26.6. The Kier molecular flexibility index (Phi) is 17.2. The van der Waals surface area contributed by atoms with E-state index < -0.39 is 24.1 Å². The van der Waals surface area contributed by atoms with E-state index in [4.69, 9.17) is 18.9 Å². The number of Topliss-reactive ketones (excluding diaryl/α,β-unsaturated/α-hetero) is 2. The van der Waals surface area contributed by atoms with E-state index in [-0.39, 0.29) is 76.1 Å². The van der Waals surface area contributed by atoms with Gasteiger partial charge in [-0.1, -0.05) is 129 Å². The molecule has 10 nitrogen and oxygen atoms in total. The molecular formula is C63H77NO9. The van der Waals surface area contributed by atoms with Crippen LogP contribution >= 0.6 is 0 Å². The van der Waals surface area contributed by atoms with E-state index in [0.29, 0.717) is 71.5 Å². The second-order valence-electron chi connectivity index (χ2n) is 23.3. The zero-order valence-electron chi connectivity index (χ0n) is 44.7. The molecule has 4 aliphatic carbocycles. The lowest BCUT2D eigenvalue weighted by Gasteiger charge is -2.62. The number of fused-ring (bicyclic) bond motifs is 5. The fraction of sp³-hybridized carbons (Fsp3) is 0.524. The molecule has 0 N–H and O–H groups in total. The van der Waals surface area contributed by atoms with Crippen molar-refractivity contribution < 1.29 is 42.9 Å². The van der Waals surface area contributed by atoms with Crippen LogP contribution in [0, 0.1) is 63.6 Å². The maximum absolute atomic E-state index is 14.3. The molecule has 3 aromatic rings. The zero-order chi connectivity index (χ0) is 52.8. The lowest BCUT2D eigenvalue weighted by molar-refractivity contribution is -0.199. The molecule has 3 aromatic carbocycles. The van der Waals surface area contributed by atoms with Crippen LogP contribution in [0.3, 0.4) is 0 Å². The molecule has 0 aromatic heterocycles. The molecular weight excluding hydrogens is 915 g/mol. The maximum Gasteiger partial charge on any atom is 0.349 e. The molecule has 10 unspecified atom stereocenters. The van der Waals surface area contributed by atoms with Crippen LogP contribution in [0.25, 0.3) is 5.57 Å². The van der Waals surface area contributed by atoms with Gasteiger partial charge in [0.1, 0.15) is 29.6 Å². The first-order valence-electron chi connectivity index (χ1n) is 26.6. The van der Waals surface area contributed by atoms with E-state index in [2.05, 4.69) is 54.2 Å². The van der Waals surface area contributed by atoms with Crippen LogP contribution in [-0.4, -0.2) is 55.4 Å². The highest BCUT2D eigenvalue weighted by molar-refractivity contribution is 6.13. The minimum absolute atomic E-state index is 0.000730. The van der Waals surface area contributed by atoms with Gasteiger partial charge in [-0.05, 0) is 151 Å². The third-order valence-electron chi connectivity index (χ3n) is 17.5. The first-order chi connectivity index (χ1) is 34.7. The molecule has 7 rings (SSSR count). The van der Waals surface area contributed by atoms with Gasteiger partial charge in [-0.3, -0.25) is 14.4 Å². The van der Waals surface area contributed by atoms with Crippen LogP contribution < -0.4 is 4.74 Å². The molecule has 10 heteroatoms. The largest absolute Gasteiger partial charge is 0.482 e. The summed E-state index contributed by atoms with van der Waals surface area (Å²) < 4.78 is 24.0. The van der Waals surface area contributed by atoms with E-state index in [0.717, 1.165) is 49.7 Å². The van der Waals surface area contributed by atoms with E-state index in [1.54, 1.807) is 42.5 Å². The molecule has 0 spiro atoms. The van der Waals surface area contributed by atoms with Crippen molar-refractivity contribution in [3.8, 4) is 11.8 Å². The molecule has 0 radical (unpaired) electrons. The van der Waals surface area contributed by atoms with Crippen LogP contribution in [0.5, 0.6) is 5.75 Å². The number of hydrogen-bond acceptors (Lipinski definition) is 10. The summed E-state index contributed by atoms with van der Waals surface area (Å²) in [5.74, 6) is 0.151.